The summed E-state index contributed by atoms with van der Waals surface area (Å²) in [5.74, 6) is 0.653. The first-order chi connectivity index (χ1) is 20.7. The molecule has 5 rings (SSSR count). The number of aromatic nitrogens is 3. The highest BCUT2D eigenvalue weighted by Crippen LogP contribution is 2.34. The largest absolute Gasteiger partial charge is 0.395 e. The standard InChI is InChI=1S/C32H39ClFN7O2/c1-19(35)37-12-11-24(18-42)38-16-20-5-9-25(10-6-20)41-17-23-15-29(39-31(23)40-32(41)43)26-13-21(14-27(33)30(26)34)3-2-4-28(36)22-7-8-22/h5-6,9-10,13-15,17,22,24,28,38,42H,2-4,7-8,11-12,16,18,36H2,1H3,(H2,35,37)(H,39,40,43)/t24-,28?/m1/s1. The molecule has 4 aromatic rings. The number of aromatic amines is 1. The molecule has 2 atom stereocenters. The van der Waals surface area contributed by atoms with E-state index in [4.69, 9.17) is 23.1 Å². The van der Waals surface area contributed by atoms with Gasteiger partial charge in [-0.05, 0) is 92.8 Å². The smallest absolute Gasteiger partial charge is 0.354 e. The molecule has 7 N–H and O–H groups in total. The summed E-state index contributed by atoms with van der Waals surface area (Å²) in [4.78, 5) is 24.4. The lowest BCUT2D eigenvalue weighted by molar-refractivity contribution is 0.236. The van der Waals surface area contributed by atoms with Crippen molar-refractivity contribution in [2.45, 2.75) is 64.1 Å². The summed E-state index contributed by atoms with van der Waals surface area (Å²) in [5.41, 5.74) is 15.2. The minimum Gasteiger partial charge on any atom is -0.395 e. The van der Waals surface area contributed by atoms with Gasteiger partial charge in [0.2, 0.25) is 0 Å². The molecule has 1 aliphatic carbocycles. The molecular weight excluding hydrogens is 569 g/mol. The van der Waals surface area contributed by atoms with Gasteiger partial charge in [0.1, 0.15) is 5.65 Å². The molecule has 2 heterocycles. The van der Waals surface area contributed by atoms with Crippen LogP contribution in [0.1, 0.15) is 50.2 Å². The van der Waals surface area contributed by atoms with E-state index >= 15 is 4.39 Å². The van der Waals surface area contributed by atoms with E-state index < -0.39 is 11.5 Å². The van der Waals surface area contributed by atoms with Crippen LogP contribution in [0, 0.1) is 11.7 Å². The molecule has 228 valence electrons. The Morgan fingerprint density at radius 1 is 1.23 bits per heavy atom. The number of nitrogens with two attached hydrogens (primary N) is 2. The van der Waals surface area contributed by atoms with Crippen molar-refractivity contribution in [2.75, 3.05) is 13.2 Å². The van der Waals surface area contributed by atoms with Gasteiger partial charge in [-0.3, -0.25) is 9.56 Å². The molecule has 1 fully saturated rings. The zero-order valence-corrected chi connectivity index (χ0v) is 25.1. The minimum atomic E-state index is -0.517. The molecule has 43 heavy (non-hydrogen) atoms. The third-order valence-corrected chi connectivity index (χ3v) is 8.26. The second-order valence-electron chi connectivity index (χ2n) is 11.5. The van der Waals surface area contributed by atoms with E-state index in [2.05, 4.69) is 20.3 Å². The Morgan fingerprint density at radius 3 is 2.70 bits per heavy atom. The van der Waals surface area contributed by atoms with Crippen LogP contribution >= 0.6 is 11.6 Å². The molecule has 0 spiro atoms. The highest BCUT2D eigenvalue weighted by molar-refractivity contribution is 6.31. The van der Waals surface area contributed by atoms with Gasteiger partial charge < -0.3 is 26.9 Å². The lowest BCUT2D eigenvalue weighted by Gasteiger charge is -2.15. The number of hydrogen-bond acceptors (Lipinski definition) is 6. The number of aliphatic hydroxyl groups is 1. The third kappa shape index (κ3) is 7.88. The number of fused-ring (bicyclic) bond motifs is 1. The van der Waals surface area contributed by atoms with Crippen molar-refractivity contribution >= 4 is 28.5 Å². The van der Waals surface area contributed by atoms with Gasteiger partial charge in [-0.15, -0.1) is 0 Å². The molecule has 1 aliphatic rings. The highest BCUT2D eigenvalue weighted by Gasteiger charge is 2.27. The van der Waals surface area contributed by atoms with Crippen molar-refractivity contribution in [2.24, 2.45) is 22.4 Å². The topological polar surface area (TPSA) is 147 Å². The van der Waals surface area contributed by atoms with E-state index in [1.807, 2.05) is 24.3 Å². The normalized spacial score (nSPS) is 15.2. The number of nitrogens with zero attached hydrogens (tertiary/aromatic N) is 3. The number of amidine groups is 1. The van der Waals surface area contributed by atoms with Crippen LogP contribution in [-0.2, 0) is 13.0 Å². The number of aliphatic hydroxyl groups excluding tert-OH is 1. The monoisotopic (exact) mass is 607 g/mol. The van der Waals surface area contributed by atoms with Gasteiger partial charge in [0, 0.05) is 42.3 Å². The minimum absolute atomic E-state index is 0.00750. The molecular formula is C32H39ClFN7O2. The predicted octanol–water partition coefficient (Wildman–Crippen LogP) is 4.45. The number of H-pyrrole nitrogens is 1. The fourth-order valence-corrected chi connectivity index (χ4v) is 5.55. The molecule has 2 aromatic heterocycles. The van der Waals surface area contributed by atoms with E-state index in [1.54, 1.807) is 31.3 Å². The Balaban J connectivity index is 1.30. The molecule has 0 saturated heterocycles. The number of aliphatic imine (C=N–C) groups is 1. The Morgan fingerprint density at radius 2 is 2.00 bits per heavy atom. The Bertz CT molecular complexity index is 1640. The van der Waals surface area contributed by atoms with Crippen LogP contribution in [-0.4, -0.2) is 50.7 Å². The molecule has 0 amide bonds. The summed E-state index contributed by atoms with van der Waals surface area (Å²) in [6, 6.07) is 12.9. The van der Waals surface area contributed by atoms with Crippen molar-refractivity contribution in [1.82, 2.24) is 19.9 Å². The number of benzene rings is 2. The van der Waals surface area contributed by atoms with Gasteiger partial charge in [0.25, 0.3) is 0 Å². The van der Waals surface area contributed by atoms with Gasteiger partial charge >= 0.3 is 5.69 Å². The first-order valence-corrected chi connectivity index (χ1v) is 15.2. The Labute approximate surface area is 255 Å². The summed E-state index contributed by atoms with van der Waals surface area (Å²) in [5, 5.41) is 13.7. The van der Waals surface area contributed by atoms with Crippen LogP contribution in [0.2, 0.25) is 5.02 Å². The first-order valence-electron chi connectivity index (χ1n) is 14.8. The average Bonchev–Trinajstić information content (AvgIpc) is 3.76. The first kappa shape index (κ1) is 30.9. The quantitative estimate of drug-likeness (QED) is 0.106. The van der Waals surface area contributed by atoms with Crippen LogP contribution < -0.4 is 22.5 Å². The van der Waals surface area contributed by atoms with Crippen LogP contribution in [0.4, 0.5) is 4.39 Å². The molecule has 9 nitrogen and oxygen atoms in total. The van der Waals surface area contributed by atoms with Gasteiger partial charge in [0.05, 0.1) is 28.8 Å². The molecule has 1 unspecified atom stereocenters. The highest BCUT2D eigenvalue weighted by atomic mass is 35.5. The summed E-state index contributed by atoms with van der Waals surface area (Å²) in [6.07, 6.45) is 7.39. The van der Waals surface area contributed by atoms with Crippen LogP contribution in [0.15, 0.2) is 58.4 Å². The van der Waals surface area contributed by atoms with Crippen molar-refractivity contribution < 1.29 is 9.50 Å². The van der Waals surface area contributed by atoms with Gasteiger partial charge in [-0.25, -0.2) is 9.18 Å². The summed E-state index contributed by atoms with van der Waals surface area (Å²) in [6.45, 7) is 2.82. The van der Waals surface area contributed by atoms with E-state index in [0.717, 1.165) is 30.4 Å². The summed E-state index contributed by atoms with van der Waals surface area (Å²) in [7, 11) is 0. The lowest BCUT2D eigenvalue weighted by atomic mass is 10.00. The zero-order chi connectivity index (χ0) is 30.5. The fraction of sp³-hybridized carbons (Fsp3) is 0.406. The van der Waals surface area contributed by atoms with Crippen molar-refractivity contribution in [3.05, 3.63) is 81.1 Å². The van der Waals surface area contributed by atoms with E-state index in [-0.39, 0.29) is 23.7 Å². The van der Waals surface area contributed by atoms with Crippen molar-refractivity contribution in [1.29, 1.82) is 0 Å². The molecule has 11 heteroatoms. The Kier molecular flexibility index (Phi) is 9.92. The van der Waals surface area contributed by atoms with Gasteiger partial charge in [0.15, 0.2) is 5.82 Å². The van der Waals surface area contributed by atoms with Gasteiger partial charge in [-0.2, -0.15) is 4.98 Å². The molecule has 0 aliphatic heterocycles. The van der Waals surface area contributed by atoms with Crippen LogP contribution in [0.25, 0.3) is 28.0 Å². The second kappa shape index (κ2) is 13.8. The van der Waals surface area contributed by atoms with E-state index in [1.165, 1.54) is 17.4 Å². The number of halogens is 2. The molecule has 1 saturated carbocycles. The number of rotatable bonds is 14. The maximum Gasteiger partial charge on any atom is 0.354 e. The SMILES string of the molecule is CC(N)=NCC[C@H](CO)NCc1ccc(-n2cc3cc(-c4cc(CCCC(N)C5CC5)cc(Cl)c4F)[nH]c3nc2=O)cc1. The van der Waals surface area contributed by atoms with Crippen molar-refractivity contribution in [3.63, 3.8) is 0 Å². The van der Waals surface area contributed by atoms with Crippen molar-refractivity contribution in [3.8, 4) is 16.9 Å². The molecule has 0 radical (unpaired) electrons. The molecule has 2 aromatic carbocycles. The second-order valence-corrected chi connectivity index (χ2v) is 11.9. The third-order valence-electron chi connectivity index (χ3n) is 7.99. The fourth-order valence-electron chi connectivity index (χ4n) is 5.30. The summed E-state index contributed by atoms with van der Waals surface area (Å²) >= 11 is 6.28. The zero-order valence-electron chi connectivity index (χ0n) is 24.3. The predicted molar refractivity (Wildman–Crippen MR) is 170 cm³/mol. The van der Waals surface area contributed by atoms with E-state index in [0.29, 0.717) is 59.2 Å². The Hall–Kier alpha value is -3.57. The average molecular weight is 608 g/mol. The lowest BCUT2D eigenvalue weighted by Crippen LogP contribution is -2.32. The van der Waals surface area contributed by atoms with Gasteiger partial charge in [-0.1, -0.05) is 23.7 Å². The number of hydrogen-bond donors (Lipinski definition) is 5. The number of aryl methyl sites for hydroxylation is 1. The van der Waals surface area contributed by atoms with E-state index in [9.17, 15) is 9.90 Å². The number of nitrogens with one attached hydrogen (secondary N) is 2. The maximum atomic E-state index is 15.2. The van der Waals surface area contributed by atoms with Crippen LogP contribution in [0.3, 0.4) is 0 Å². The van der Waals surface area contributed by atoms with Crippen LogP contribution in [0.5, 0.6) is 0 Å². The maximum absolute atomic E-state index is 15.2. The summed E-state index contributed by atoms with van der Waals surface area (Å²) < 4.78 is 16.6. The molecule has 0 bridgehead atoms.